The Bertz CT molecular complexity index is 410. The Morgan fingerprint density at radius 2 is 1.71 bits per heavy atom. The summed E-state index contributed by atoms with van der Waals surface area (Å²) in [6.07, 6.45) is -3.23. The van der Waals surface area contributed by atoms with Gasteiger partial charge in [0.15, 0.2) is 0 Å². The third kappa shape index (κ3) is 3.72. The number of ether oxygens (including phenoxy) is 5. The van der Waals surface area contributed by atoms with E-state index in [-0.39, 0.29) is 0 Å². The highest BCUT2D eigenvalue weighted by Gasteiger charge is 2.47. The first-order valence-corrected chi connectivity index (χ1v) is 6.81. The van der Waals surface area contributed by atoms with Crippen molar-refractivity contribution in [3.8, 4) is 5.75 Å². The molecule has 1 heterocycles. The fraction of sp³-hybridized carbons (Fsp3) is 0.600. The number of rotatable bonds is 6. The smallest absolute Gasteiger partial charge is 0.229 e. The zero-order chi connectivity index (χ0) is 15.2. The molecule has 6 nitrogen and oxygen atoms in total. The molecule has 1 aliphatic heterocycles. The first kappa shape index (κ1) is 16.2. The number of para-hydroxylation sites is 1. The first-order valence-electron chi connectivity index (χ1n) is 6.81. The van der Waals surface area contributed by atoms with E-state index in [1.54, 1.807) is 7.11 Å². The highest BCUT2D eigenvalue weighted by Crippen LogP contribution is 2.27. The van der Waals surface area contributed by atoms with E-state index in [1.807, 2.05) is 30.3 Å². The maximum Gasteiger partial charge on any atom is 0.229 e. The summed E-state index contributed by atoms with van der Waals surface area (Å²) in [7, 11) is 4.59. The van der Waals surface area contributed by atoms with Crippen LogP contribution in [0, 0.1) is 0 Å². The van der Waals surface area contributed by atoms with E-state index in [1.165, 1.54) is 14.2 Å². The van der Waals surface area contributed by atoms with E-state index in [2.05, 4.69) is 0 Å². The third-order valence-electron chi connectivity index (χ3n) is 3.49. The number of methoxy groups -OCH3 is 3. The van der Waals surface area contributed by atoms with Crippen LogP contribution in [0.1, 0.15) is 0 Å². The number of benzene rings is 1. The molecule has 1 aromatic rings. The number of hydrogen-bond acceptors (Lipinski definition) is 6. The van der Waals surface area contributed by atoms with E-state index in [0.717, 1.165) is 0 Å². The summed E-state index contributed by atoms with van der Waals surface area (Å²) in [6, 6.07) is 9.25. The maximum absolute atomic E-state index is 10.4. The van der Waals surface area contributed by atoms with Crippen molar-refractivity contribution in [2.75, 3.05) is 27.9 Å². The average Bonchev–Trinajstić information content (AvgIpc) is 2.49. The van der Waals surface area contributed by atoms with Crippen molar-refractivity contribution in [3.63, 3.8) is 0 Å². The lowest BCUT2D eigenvalue weighted by Crippen LogP contribution is -2.61. The predicted octanol–water partition coefficient (Wildman–Crippen LogP) is 0.828. The van der Waals surface area contributed by atoms with Crippen molar-refractivity contribution in [1.82, 2.24) is 0 Å². The standard InChI is InChI=1S/C15H22O6/c1-17-9-11-13(18-2)12(16)14(19-3)15(21-11)20-10-7-5-4-6-8-10/h4-8,11-16H,9H2,1-3H3/t11-,12+,13-,14-,15-/m1/s1. The van der Waals surface area contributed by atoms with Crippen LogP contribution in [-0.2, 0) is 18.9 Å². The van der Waals surface area contributed by atoms with E-state index in [0.29, 0.717) is 12.4 Å². The van der Waals surface area contributed by atoms with E-state index in [4.69, 9.17) is 23.7 Å². The normalized spacial score (nSPS) is 32.9. The Kier molecular flexibility index (Phi) is 5.96. The lowest BCUT2D eigenvalue weighted by molar-refractivity contribution is -0.288. The molecule has 1 N–H and O–H groups in total. The molecule has 1 aromatic carbocycles. The SMILES string of the molecule is COC[C@H]1O[C@@H](Oc2ccccc2)[C@H](OC)[C@@H](O)[C@@H]1OC. The van der Waals surface area contributed by atoms with Gasteiger partial charge in [0.1, 0.15) is 30.2 Å². The maximum atomic E-state index is 10.4. The molecule has 1 saturated heterocycles. The monoisotopic (exact) mass is 298 g/mol. The quantitative estimate of drug-likeness (QED) is 0.839. The zero-order valence-corrected chi connectivity index (χ0v) is 12.5. The van der Waals surface area contributed by atoms with Gasteiger partial charge in [-0.3, -0.25) is 0 Å². The van der Waals surface area contributed by atoms with Crippen LogP contribution in [-0.4, -0.2) is 63.7 Å². The Morgan fingerprint density at radius 1 is 1.05 bits per heavy atom. The predicted molar refractivity (Wildman–Crippen MR) is 75.2 cm³/mol. The van der Waals surface area contributed by atoms with Crippen LogP contribution in [0.3, 0.4) is 0 Å². The largest absolute Gasteiger partial charge is 0.462 e. The van der Waals surface area contributed by atoms with Crippen molar-refractivity contribution < 1.29 is 28.8 Å². The molecular formula is C15H22O6. The molecular weight excluding hydrogens is 276 g/mol. The van der Waals surface area contributed by atoms with Crippen LogP contribution in [0.2, 0.25) is 0 Å². The van der Waals surface area contributed by atoms with Gasteiger partial charge < -0.3 is 28.8 Å². The molecule has 0 amide bonds. The van der Waals surface area contributed by atoms with E-state index < -0.39 is 30.7 Å². The summed E-state index contributed by atoms with van der Waals surface area (Å²) in [5, 5.41) is 10.4. The summed E-state index contributed by atoms with van der Waals surface area (Å²) in [6.45, 7) is 0.292. The minimum absolute atomic E-state index is 0.292. The minimum Gasteiger partial charge on any atom is -0.462 e. The molecule has 2 rings (SSSR count). The van der Waals surface area contributed by atoms with Crippen molar-refractivity contribution in [1.29, 1.82) is 0 Å². The van der Waals surface area contributed by atoms with Gasteiger partial charge in [-0.25, -0.2) is 0 Å². The van der Waals surface area contributed by atoms with Crippen LogP contribution in [0.15, 0.2) is 30.3 Å². The van der Waals surface area contributed by atoms with Gasteiger partial charge in [-0.2, -0.15) is 0 Å². The Hall–Kier alpha value is -1.18. The molecule has 5 atom stereocenters. The fourth-order valence-electron chi connectivity index (χ4n) is 2.46. The highest BCUT2D eigenvalue weighted by atomic mass is 16.7. The second-order valence-electron chi connectivity index (χ2n) is 4.82. The fourth-order valence-corrected chi connectivity index (χ4v) is 2.46. The lowest BCUT2D eigenvalue weighted by atomic mass is 9.99. The summed E-state index contributed by atoms with van der Waals surface area (Å²) >= 11 is 0. The number of aliphatic hydroxyl groups is 1. The van der Waals surface area contributed by atoms with E-state index >= 15 is 0 Å². The molecule has 0 spiro atoms. The summed E-state index contributed by atoms with van der Waals surface area (Å²) in [4.78, 5) is 0. The van der Waals surface area contributed by atoms with Crippen molar-refractivity contribution in [2.45, 2.75) is 30.7 Å². The molecule has 118 valence electrons. The van der Waals surface area contributed by atoms with Crippen LogP contribution in [0.5, 0.6) is 5.75 Å². The second-order valence-corrected chi connectivity index (χ2v) is 4.82. The summed E-state index contributed by atoms with van der Waals surface area (Å²) in [5.74, 6) is 0.642. The molecule has 0 aromatic heterocycles. The van der Waals surface area contributed by atoms with Gasteiger partial charge in [0.05, 0.1) is 6.61 Å². The molecule has 6 heteroatoms. The second kappa shape index (κ2) is 7.72. The summed E-state index contributed by atoms with van der Waals surface area (Å²) < 4.78 is 27.4. The highest BCUT2D eigenvalue weighted by molar-refractivity contribution is 5.21. The Balaban J connectivity index is 2.14. The van der Waals surface area contributed by atoms with Gasteiger partial charge in [0.2, 0.25) is 6.29 Å². The van der Waals surface area contributed by atoms with Gasteiger partial charge in [-0.1, -0.05) is 18.2 Å². The minimum atomic E-state index is -0.873. The zero-order valence-electron chi connectivity index (χ0n) is 12.5. The molecule has 21 heavy (non-hydrogen) atoms. The van der Waals surface area contributed by atoms with Crippen LogP contribution >= 0.6 is 0 Å². The van der Waals surface area contributed by atoms with Crippen molar-refractivity contribution in [3.05, 3.63) is 30.3 Å². The first-order chi connectivity index (χ1) is 10.2. The van der Waals surface area contributed by atoms with Gasteiger partial charge >= 0.3 is 0 Å². The molecule has 0 saturated carbocycles. The van der Waals surface area contributed by atoms with Crippen LogP contribution < -0.4 is 4.74 Å². The molecule has 0 aliphatic carbocycles. The topological polar surface area (TPSA) is 66.4 Å². The van der Waals surface area contributed by atoms with Crippen molar-refractivity contribution >= 4 is 0 Å². The van der Waals surface area contributed by atoms with Crippen molar-refractivity contribution in [2.24, 2.45) is 0 Å². The molecule has 0 unspecified atom stereocenters. The van der Waals surface area contributed by atoms with Gasteiger partial charge in [0, 0.05) is 21.3 Å². The number of aliphatic hydroxyl groups excluding tert-OH is 1. The summed E-state index contributed by atoms with van der Waals surface area (Å²) in [5.41, 5.74) is 0. The van der Waals surface area contributed by atoms with Gasteiger partial charge in [-0.15, -0.1) is 0 Å². The van der Waals surface area contributed by atoms with Gasteiger partial charge in [0.25, 0.3) is 0 Å². The third-order valence-corrected chi connectivity index (χ3v) is 3.49. The average molecular weight is 298 g/mol. The number of hydrogen-bond donors (Lipinski definition) is 1. The molecule has 1 aliphatic rings. The van der Waals surface area contributed by atoms with E-state index in [9.17, 15) is 5.11 Å². The Morgan fingerprint density at radius 3 is 2.29 bits per heavy atom. The molecule has 0 bridgehead atoms. The van der Waals surface area contributed by atoms with Crippen LogP contribution in [0.25, 0.3) is 0 Å². The molecule has 1 fully saturated rings. The molecule has 0 radical (unpaired) electrons. The Labute approximate surface area is 124 Å². The van der Waals surface area contributed by atoms with Crippen LogP contribution in [0.4, 0.5) is 0 Å². The lowest BCUT2D eigenvalue weighted by Gasteiger charge is -2.42. The van der Waals surface area contributed by atoms with Gasteiger partial charge in [-0.05, 0) is 12.1 Å².